The Labute approximate surface area is 132 Å². The molecule has 0 amide bonds. The molecule has 1 fully saturated rings. The smallest absolute Gasteiger partial charge is 0.0635 e. The predicted molar refractivity (Wildman–Crippen MR) is 91.8 cm³/mol. The van der Waals surface area contributed by atoms with E-state index in [9.17, 15) is 0 Å². The van der Waals surface area contributed by atoms with Crippen LogP contribution in [0.2, 0.25) is 0 Å². The van der Waals surface area contributed by atoms with Crippen LogP contribution in [0.25, 0.3) is 0 Å². The van der Waals surface area contributed by atoms with Crippen molar-refractivity contribution in [3.63, 3.8) is 0 Å². The van der Waals surface area contributed by atoms with Crippen molar-refractivity contribution in [1.82, 2.24) is 0 Å². The van der Waals surface area contributed by atoms with Crippen LogP contribution in [-0.2, 0) is 0 Å². The standard InChI is InChI=1S/C16H18INS/c17-13-8-3-4-9-14(13)18-16(12-6-1-2-7-12)15-10-5-11-19-15/h3-5,8-12,16,18H,1-2,6-7H2. The van der Waals surface area contributed by atoms with Gasteiger partial charge in [-0.25, -0.2) is 0 Å². The predicted octanol–water partition coefficient (Wildman–Crippen LogP) is 5.70. The zero-order chi connectivity index (χ0) is 13.1. The summed E-state index contributed by atoms with van der Waals surface area (Å²) >= 11 is 4.29. The van der Waals surface area contributed by atoms with Gasteiger partial charge in [0.2, 0.25) is 0 Å². The van der Waals surface area contributed by atoms with Crippen molar-refractivity contribution in [2.24, 2.45) is 5.92 Å². The van der Waals surface area contributed by atoms with Crippen LogP contribution in [0.3, 0.4) is 0 Å². The van der Waals surface area contributed by atoms with Crippen LogP contribution < -0.4 is 5.32 Å². The van der Waals surface area contributed by atoms with Gasteiger partial charge in [-0.15, -0.1) is 11.3 Å². The maximum absolute atomic E-state index is 3.79. The molecule has 1 atom stereocenters. The minimum atomic E-state index is 0.485. The van der Waals surface area contributed by atoms with E-state index in [0.717, 1.165) is 5.92 Å². The van der Waals surface area contributed by atoms with Crippen LogP contribution >= 0.6 is 33.9 Å². The Morgan fingerprint density at radius 2 is 1.89 bits per heavy atom. The quantitative estimate of drug-likeness (QED) is 0.669. The summed E-state index contributed by atoms with van der Waals surface area (Å²) in [6.07, 6.45) is 5.50. The van der Waals surface area contributed by atoms with E-state index in [0.29, 0.717) is 6.04 Å². The lowest BCUT2D eigenvalue weighted by Crippen LogP contribution is -2.18. The first kappa shape index (κ1) is 13.4. The summed E-state index contributed by atoms with van der Waals surface area (Å²) in [6.45, 7) is 0. The summed E-state index contributed by atoms with van der Waals surface area (Å²) in [4.78, 5) is 1.48. The Bertz CT molecular complexity index is 517. The van der Waals surface area contributed by atoms with Crippen LogP contribution in [0, 0.1) is 9.49 Å². The topological polar surface area (TPSA) is 12.0 Å². The molecular formula is C16H18INS. The number of halogens is 1. The fourth-order valence-corrected chi connectivity index (χ4v) is 4.34. The van der Waals surface area contributed by atoms with Crippen LogP contribution in [0.5, 0.6) is 0 Å². The molecule has 1 heterocycles. The number of rotatable bonds is 4. The van der Waals surface area contributed by atoms with Crippen molar-refractivity contribution in [1.29, 1.82) is 0 Å². The van der Waals surface area contributed by atoms with Crippen LogP contribution in [0.1, 0.15) is 36.6 Å². The molecule has 1 aliphatic carbocycles. The first-order valence-corrected chi connectivity index (χ1v) is 8.85. The van der Waals surface area contributed by atoms with Crippen molar-refractivity contribution >= 4 is 39.6 Å². The highest BCUT2D eigenvalue weighted by Gasteiger charge is 2.27. The van der Waals surface area contributed by atoms with Crippen LogP contribution in [0.15, 0.2) is 41.8 Å². The van der Waals surface area contributed by atoms with Gasteiger partial charge in [-0.3, -0.25) is 0 Å². The Morgan fingerprint density at radius 3 is 2.58 bits per heavy atom. The van der Waals surface area contributed by atoms with E-state index in [4.69, 9.17) is 0 Å². The summed E-state index contributed by atoms with van der Waals surface area (Å²) in [7, 11) is 0. The van der Waals surface area contributed by atoms with E-state index in [1.54, 1.807) is 0 Å². The van der Waals surface area contributed by atoms with Crippen molar-refractivity contribution in [3.05, 3.63) is 50.2 Å². The molecule has 3 rings (SSSR count). The van der Waals surface area contributed by atoms with E-state index < -0.39 is 0 Å². The van der Waals surface area contributed by atoms with E-state index in [2.05, 4.69) is 69.7 Å². The number of hydrogen-bond donors (Lipinski definition) is 1. The minimum absolute atomic E-state index is 0.485. The highest BCUT2D eigenvalue weighted by atomic mass is 127. The second-order valence-electron chi connectivity index (χ2n) is 5.16. The zero-order valence-electron chi connectivity index (χ0n) is 10.8. The summed E-state index contributed by atoms with van der Waals surface area (Å²) in [6, 6.07) is 13.5. The fourth-order valence-electron chi connectivity index (χ4n) is 2.93. The lowest BCUT2D eigenvalue weighted by molar-refractivity contribution is 0.475. The van der Waals surface area contributed by atoms with Crippen LogP contribution in [0.4, 0.5) is 5.69 Å². The molecule has 1 saturated carbocycles. The molecular weight excluding hydrogens is 365 g/mol. The van der Waals surface area contributed by atoms with Gasteiger partial charge in [-0.05, 0) is 64.9 Å². The molecule has 0 saturated heterocycles. The van der Waals surface area contributed by atoms with Crippen molar-refractivity contribution in [3.8, 4) is 0 Å². The van der Waals surface area contributed by atoms with E-state index >= 15 is 0 Å². The molecule has 1 aromatic carbocycles. The Morgan fingerprint density at radius 1 is 1.11 bits per heavy atom. The highest BCUT2D eigenvalue weighted by molar-refractivity contribution is 14.1. The molecule has 100 valence electrons. The monoisotopic (exact) mass is 383 g/mol. The fraction of sp³-hybridized carbons (Fsp3) is 0.375. The molecule has 2 aromatic rings. The minimum Gasteiger partial charge on any atom is -0.376 e. The van der Waals surface area contributed by atoms with Gasteiger partial charge in [0.1, 0.15) is 0 Å². The zero-order valence-corrected chi connectivity index (χ0v) is 13.8. The number of para-hydroxylation sites is 1. The summed E-state index contributed by atoms with van der Waals surface area (Å²) in [5.41, 5.74) is 1.27. The van der Waals surface area contributed by atoms with Crippen molar-refractivity contribution in [2.75, 3.05) is 5.32 Å². The van der Waals surface area contributed by atoms with Gasteiger partial charge in [0.15, 0.2) is 0 Å². The van der Waals surface area contributed by atoms with Gasteiger partial charge < -0.3 is 5.32 Å². The average molecular weight is 383 g/mol. The Hall–Kier alpha value is -0.550. The number of nitrogens with one attached hydrogen (secondary N) is 1. The van der Waals surface area contributed by atoms with Gasteiger partial charge in [0.05, 0.1) is 6.04 Å². The maximum Gasteiger partial charge on any atom is 0.0635 e. The molecule has 0 bridgehead atoms. The molecule has 0 spiro atoms. The molecule has 0 radical (unpaired) electrons. The molecule has 1 aromatic heterocycles. The number of anilines is 1. The lowest BCUT2D eigenvalue weighted by Gasteiger charge is -2.25. The molecule has 19 heavy (non-hydrogen) atoms. The SMILES string of the molecule is Ic1ccccc1NC(c1cccs1)C1CCCC1. The summed E-state index contributed by atoms with van der Waals surface area (Å²) < 4.78 is 1.31. The van der Waals surface area contributed by atoms with E-state index in [1.807, 2.05) is 11.3 Å². The van der Waals surface area contributed by atoms with Gasteiger partial charge in [-0.2, -0.15) is 0 Å². The molecule has 1 N–H and O–H groups in total. The number of benzene rings is 1. The second-order valence-corrected chi connectivity index (χ2v) is 7.30. The third-order valence-electron chi connectivity index (χ3n) is 3.91. The largest absolute Gasteiger partial charge is 0.376 e. The normalized spacial score (nSPS) is 17.5. The third kappa shape index (κ3) is 3.14. The highest BCUT2D eigenvalue weighted by Crippen LogP contribution is 2.39. The summed E-state index contributed by atoms with van der Waals surface area (Å²) in [5, 5.41) is 5.98. The molecule has 3 heteroatoms. The first-order valence-electron chi connectivity index (χ1n) is 6.89. The molecule has 1 nitrogen and oxygen atoms in total. The molecule has 1 aliphatic rings. The molecule has 1 unspecified atom stereocenters. The van der Waals surface area contributed by atoms with Gasteiger partial charge >= 0.3 is 0 Å². The van der Waals surface area contributed by atoms with Crippen LogP contribution in [-0.4, -0.2) is 0 Å². The van der Waals surface area contributed by atoms with Crippen molar-refractivity contribution < 1.29 is 0 Å². The maximum atomic E-state index is 3.79. The second kappa shape index (κ2) is 6.27. The van der Waals surface area contributed by atoms with Gasteiger partial charge in [0, 0.05) is 14.1 Å². The lowest BCUT2D eigenvalue weighted by atomic mass is 9.96. The number of thiophene rings is 1. The number of hydrogen-bond acceptors (Lipinski definition) is 2. The van der Waals surface area contributed by atoms with Gasteiger partial charge in [0.25, 0.3) is 0 Å². The third-order valence-corrected chi connectivity index (χ3v) is 5.80. The van der Waals surface area contributed by atoms with E-state index in [1.165, 1.54) is 39.8 Å². The molecule has 0 aliphatic heterocycles. The average Bonchev–Trinajstić information content (AvgIpc) is 3.11. The van der Waals surface area contributed by atoms with Gasteiger partial charge in [-0.1, -0.05) is 31.0 Å². The van der Waals surface area contributed by atoms with Crippen molar-refractivity contribution in [2.45, 2.75) is 31.7 Å². The Kier molecular flexibility index (Phi) is 4.43. The first-order chi connectivity index (χ1) is 9.34. The van der Waals surface area contributed by atoms with E-state index in [-0.39, 0.29) is 0 Å². The summed E-state index contributed by atoms with van der Waals surface area (Å²) in [5.74, 6) is 0.787. The Balaban J connectivity index is 1.85.